The summed E-state index contributed by atoms with van der Waals surface area (Å²) in [7, 11) is 2.08. The average Bonchev–Trinajstić information content (AvgIpc) is 3.19. The number of aromatic nitrogens is 5. The molecule has 234 valence electrons. The van der Waals surface area contributed by atoms with E-state index in [4.69, 9.17) is 9.97 Å². The van der Waals surface area contributed by atoms with Gasteiger partial charge in [-0.25, -0.2) is 9.97 Å². The molecule has 5 aromatic heterocycles. The molecule has 2 aromatic carbocycles. The van der Waals surface area contributed by atoms with Crippen molar-refractivity contribution in [3.63, 3.8) is 0 Å². The molecular formula is C43H32N6. The minimum atomic E-state index is 0.0469. The molecule has 7 aromatic rings. The molecule has 1 atom stereocenters. The van der Waals surface area contributed by atoms with Gasteiger partial charge in [0.2, 0.25) is 0 Å². The number of hydrogen-bond donors (Lipinski definition) is 0. The zero-order valence-electron chi connectivity index (χ0n) is 26.9. The van der Waals surface area contributed by atoms with Crippen LogP contribution >= 0.6 is 0 Å². The topological polar surface area (TPSA) is 67.7 Å². The van der Waals surface area contributed by atoms with Crippen molar-refractivity contribution in [3.05, 3.63) is 176 Å². The summed E-state index contributed by atoms with van der Waals surface area (Å²) in [5, 5.41) is 0. The molecule has 6 heteroatoms. The highest BCUT2D eigenvalue weighted by Gasteiger charge is 2.18. The fourth-order valence-corrected chi connectivity index (χ4v) is 6.10. The third-order valence-electron chi connectivity index (χ3n) is 8.69. The van der Waals surface area contributed by atoms with Crippen molar-refractivity contribution >= 4 is 0 Å². The minimum Gasteiger partial charge on any atom is -0.368 e. The first-order valence-corrected chi connectivity index (χ1v) is 16.2. The summed E-state index contributed by atoms with van der Waals surface area (Å²) in [5.74, 6) is 0. The third kappa shape index (κ3) is 6.40. The molecule has 1 aliphatic rings. The van der Waals surface area contributed by atoms with Crippen LogP contribution in [0.5, 0.6) is 0 Å². The maximum absolute atomic E-state index is 5.05. The van der Waals surface area contributed by atoms with Gasteiger partial charge >= 0.3 is 0 Å². The van der Waals surface area contributed by atoms with Crippen molar-refractivity contribution in [2.75, 3.05) is 7.05 Å². The summed E-state index contributed by atoms with van der Waals surface area (Å²) < 4.78 is 0. The van der Waals surface area contributed by atoms with Gasteiger partial charge in [0.25, 0.3) is 0 Å². The normalized spacial score (nSPS) is 13.8. The van der Waals surface area contributed by atoms with Crippen LogP contribution in [0.15, 0.2) is 170 Å². The molecule has 0 fully saturated rings. The van der Waals surface area contributed by atoms with Gasteiger partial charge in [-0.2, -0.15) is 0 Å². The van der Waals surface area contributed by atoms with Gasteiger partial charge in [0.05, 0.1) is 45.9 Å². The van der Waals surface area contributed by atoms with Crippen LogP contribution < -0.4 is 0 Å². The Balaban J connectivity index is 1.11. The molecule has 6 nitrogen and oxygen atoms in total. The SMILES string of the molecule is CN1C=CC=CC1c1cc(-c2ccc(-c3ccc(-c4cc(-c5ccccn5)nc(-c5ccccn5)c4)cc3)cc2)cc(-c2ccccn2)n1. The van der Waals surface area contributed by atoms with Crippen molar-refractivity contribution in [1.29, 1.82) is 0 Å². The van der Waals surface area contributed by atoms with Crippen LogP contribution in [0.4, 0.5) is 0 Å². The number of pyridine rings is 5. The van der Waals surface area contributed by atoms with E-state index >= 15 is 0 Å². The van der Waals surface area contributed by atoms with Crippen molar-refractivity contribution in [2.45, 2.75) is 6.04 Å². The Hall–Kier alpha value is -6.53. The lowest BCUT2D eigenvalue weighted by Crippen LogP contribution is -2.20. The van der Waals surface area contributed by atoms with Gasteiger partial charge in [-0.15, -0.1) is 0 Å². The second kappa shape index (κ2) is 13.3. The van der Waals surface area contributed by atoms with E-state index in [2.05, 4.69) is 118 Å². The molecular weight excluding hydrogens is 601 g/mol. The van der Waals surface area contributed by atoms with Crippen LogP contribution in [0.1, 0.15) is 11.7 Å². The Kier molecular flexibility index (Phi) is 8.10. The van der Waals surface area contributed by atoms with E-state index in [1.54, 1.807) is 12.4 Å². The molecule has 0 amide bonds. The van der Waals surface area contributed by atoms with E-state index < -0.39 is 0 Å². The maximum atomic E-state index is 5.05. The largest absolute Gasteiger partial charge is 0.368 e. The molecule has 6 heterocycles. The van der Waals surface area contributed by atoms with Gasteiger partial charge < -0.3 is 4.90 Å². The van der Waals surface area contributed by atoms with Gasteiger partial charge in [0, 0.05) is 25.6 Å². The van der Waals surface area contributed by atoms with E-state index in [9.17, 15) is 0 Å². The first kappa shape index (κ1) is 29.8. The molecule has 0 bridgehead atoms. The summed E-state index contributed by atoms with van der Waals surface area (Å²) in [6, 6.07) is 43.7. The number of allylic oxidation sites excluding steroid dienone is 2. The summed E-state index contributed by atoms with van der Waals surface area (Å²) in [6.45, 7) is 0. The highest BCUT2D eigenvalue weighted by Crippen LogP contribution is 2.34. The van der Waals surface area contributed by atoms with Gasteiger partial charge in [-0.1, -0.05) is 78.9 Å². The lowest BCUT2D eigenvalue weighted by atomic mass is 9.96. The number of nitrogens with zero attached hydrogens (tertiary/aromatic N) is 6. The molecule has 8 rings (SSSR count). The summed E-state index contributed by atoms with van der Waals surface area (Å²) >= 11 is 0. The summed E-state index contributed by atoms with van der Waals surface area (Å²) in [5.41, 5.74) is 12.6. The Morgan fingerprint density at radius 3 is 1.29 bits per heavy atom. The number of hydrogen-bond acceptors (Lipinski definition) is 6. The molecule has 0 spiro atoms. The molecule has 0 saturated carbocycles. The second-order valence-electron chi connectivity index (χ2n) is 11.9. The monoisotopic (exact) mass is 632 g/mol. The van der Waals surface area contributed by atoms with Gasteiger partial charge in [-0.05, 0) is 106 Å². The fraction of sp³-hybridized carbons (Fsp3) is 0.0465. The van der Waals surface area contributed by atoms with Crippen LogP contribution in [0.2, 0.25) is 0 Å². The first-order chi connectivity index (χ1) is 24.2. The lowest BCUT2D eigenvalue weighted by molar-refractivity contribution is 0.383. The standard InChI is InChI=1S/C43H32N6/c1-49-25-9-5-13-43(49)42-29-35(28-41(48-42)38-12-4-8-24-46-38)33-20-16-31(17-21-33)30-14-18-32(19-15-30)34-26-39(36-10-2-6-22-44-36)47-40(27-34)37-11-3-7-23-45-37/h2-29,43H,1H3. The Morgan fingerprint density at radius 1 is 0.429 bits per heavy atom. The predicted molar refractivity (Wildman–Crippen MR) is 197 cm³/mol. The lowest BCUT2D eigenvalue weighted by Gasteiger charge is -2.26. The van der Waals surface area contributed by atoms with Gasteiger partial charge in [-0.3, -0.25) is 15.0 Å². The zero-order valence-corrected chi connectivity index (χ0v) is 26.9. The van der Waals surface area contributed by atoms with Crippen molar-refractivity contribution in [3.8, 4) is 67.5 Å². The van der Waals surface area contributed by atoms with E-state index in [0.717, 1.165) is 73.2 Å². The Labute approximate surface area is 285 Å². The predicted octanol–water partition coefficient (Wildman–Crippen LogP) is 9.72. The van der Waals surface area contributed by atoms with Crippen LogP contribution in [0.3, 0.4) is 0 Å². The summed E-state index contributed by atoms with van der Waals surface area (Å²) in [6.07, 6.45) is 13.8. The van der Waals surface area contributed by atoms with Crippen LogP contribution in [0, 0.1) is 0 Å². The molecule has 0 saturated heterocycles. The first-order valence-electron chi connectivity index (χ1n) is 16.2. The van der Waals surface area contributed by atoms with E-state index in [1.165, 1.54) is 0 Å². The second-order valence-corrected chi connectivity index (χ2v) is 11.9. The van der Waals surface area contributed by atoms with E-state index in [-0.39, 0.29) is 6.04 Å². The molecule has 1 aliphatic heterocycles. The quantitative estimate of drug-likeness (QED) is 0.174. The van der Waals surface area contributed by atoms with Gasteiger partial charge in [0.1, 0.15) is 0 Å². The number of benzene rings is 2. The highest BCUT2D eigenvalue weighted by molar-refractivity contribution is 5.78. The Bertz CT molecular complexity index is 2210. The average molecular weight is 633 g/mol. The number of likely N-dealkylation sites (N-methyl/N-ethyl adjacent to an activating group) is 1. The van der Waals surface area contributed by atoms with Crippen molar-refractivity contribution < 1.29 is 0 Å². The van der Waals surface area contributed by atoms with Crippen molar-refractivity contribution in [2.24, 2.45) is 0 Å². The fourth-order valence-electron chi connectivity index (χ4n) is 6.10. The highest BCUT2D eigenvalue weighted by atomic mass is 15.1. The van der Waals surface area contributed by atoms with Gasteiger partial charge in [0.15, 0.2) is 0 Å². The zero-order chi connectivity index (χ0) is 33.0. The third-order valence-corrected chi connectivity index (χ3v) is 8.69. The van der Waals surface area contributed by atoms with E-state index in [0.29, 0.717) is 0 Å². The Morgan fingerprint density at radius 2 is 0.857 bits per heavy atom. The molecule has 0 N–H and O–H groups in total. The van der Waals surface area contributed by atoms with Crippen LogP contribution in [-0.2, 0) is 0 Å². The number of rotatable bonds is 7. The van der Waals surface area contributed by atoms with E-state index in [1.807, 2.05) is 66.9 Å². The molecule has 49 heavy (non-hydrogen) atoms. The van der Waals surface area contributed by atoms with Crippen LogP contribution in [-0.4, -0.2) is 36.9 Å². The molecule has 1 unspecified atom stereocenters. The molecule has 0 radical (unpaired) electrons. The molecule has 0 aliphatic carbocycles. The smallest absolute Gasteiger partial charge is 0.0900 e. The van der Waals surface area contributed by atoms with Crippen LogP contribution in [0.25, 0.3) is 67.5 Å². The minimum absolute atomic E-state index is 0.0469. The summed E-state index contributed by atoms with van der Waals surface area (Å²) in [4.78, 5) is 25.8. The maximum Gasteiger partial charge on any atom is 0.0900 e. The van der Waals surface area contributed by atoms with Crippen molar-refractivity contribution in [1.82, 2.24) is 29.8 Å².